The number of nitrogens with zero attached hydrogens (tertiary/aromatic N) is 1. The Labute approximate surface area is 153 Å². The number of thiophene rings is 1. The molecule has 1 aliphatic rings. The number of ether oxygens (including phenoxy) is 1. The van der Waals surface area contributed by atoms with Crippen molar-refractivity contribution in [1.29, 1.82) is 0 Å². The Balaban J connectivity index is 1.54. The maximum absolute atomic E-state index is 12.3. The third kappa shape index (κ3) is 4.91. The molecule has 1 aromatic heterocycles. The zero-order valence-corrected chi connectivity index (χ0v) is 15.9. The maximum Gasteiger partial charge on any atom is 0.251 e. The first kappa shape index (κ1) is 18.1. The summed E-state index contributed by atoms with van der Waals surface area (Å²) < 4.78 is 5.78. The lowest BCUT2D eigenvalue weighted by atomic mass is 10.1. The van der Waals surface area contributed by atoms with Crippen LogP contribution in [0.4, 0.5) is 0 Å². The number of aryl methyl sites for hydroxylation is 1. The number of carbonyl (C=O) groups excluding carboxylic acids is 1. The Morgan fingerprint density at radius 3 is 2.48 bits per heavy atom. The number of hydrogen-bond donors (Lipinski definition) is 1. The zero-order chi connectivity index (χ0) is 17.8. The van der Waals surface area contributed by atoms with Crippen LogP contribution in [0.25, 0.3) is 0 Å². The second-order valence-corrected chi connectivity index (χ2v) is 7.86. The van der Waals surface area contributed by atoms with E-state index in [1.54, 1.807) is 11.3 Å². The fourth-order valence-corrected chi connectivity index (χ4v) is 4.13. The molecule has 2 atom stereocenters. The largest absolute Gasteiger partial charge is 0.373 e. The smallest absolute Gasteiger partial charge is 0.251 e. The molecule has 1 aromatic carbocycles. The van der Waals surface area contributed by atoms with Gasteiger partial charge in [0, 0.05) is 30.1 Å². The molecule has 4 nitrogen and oxygen atoms in total. The highest BCUT2D eigenvalue weighted by molar-refractivity contribution is 7.10. The van der Waals surface area contributed by atoms with Gasteiger partial charge in [0.25, 0.3) is 5.91 Å². The molecule has 0 radical (unpaired) electrons. The molecule has 0 spiro atoms. The van der Waals surface area contributed by atoms with Crippen molar-refractivity contribution >= 4 is 17.2 Å². The van der Waals surface area contributed by atoms with Crippen LogP contribution in [0.15, 0.2) is 35.7 Å². The second-order valence-electron chi connectivity index (χ2n) is 6.86. The van der Waals surface area contributed by atoms with E-state index in [1.807, 2.05) is 12.1 Å². The van der Waals surface area contributed by atoms with Crippen molar-refractivity contribution in [3.05, 3.63) is 57.3 Å². The van der Waals surface area contributed by atoms with E-state index < -0.39 is 0 Å². The lowest BCUT2D eigenvalue weighted by molar-refractivity contribution is -0.0704. The molecule has 0 bridgehead atoms. The quantitative estimate of drug-likeness (QED) is 0.888. The second kappa shape index (κ2) is 8.13. The molecule has 1 saturated heterocycles. The summed E-state index contributed by atoms with van der Waals surface area (Å²) in [6.45, 7) is 9.69. The van der Waals surface area contributed by atoms with Gasteiger partial charge < -0.3 is 10.1 Å². The molecule has 0 saturated carbocycles. The number of carbonyl (C=O) groups is 1. The normalized spacial score (nSPS) is 21.2. The summed E-state index contributed by atoms with van der Waals surface area (Å²) in [5.74, 6) is -0.0204. The molecule has 1 amide bonds. The molecule has 2 heterocycles. The molecule has 2 aromatic rings. The Kier molecular flexibility index (Phi) is 5.89. The SMILES string of the molecule is Cc1ccsc1CNC(=O)c1ccc(CN2CC(C)OC(C)C2)cc1. The molecule has 134 valence electrons. The van der Waals surface area contributed by atoms with Crippen molar-refractivity contribution in [3.8, 4) is 0 Å². The van der Waals surface area contributed by atoms with Crippen LogP contribution in [-0.2, 0) is 17.8 Å². The van der Waals surface area contributed by atoms with Crippen molar-refractivity contribution in [1.82, 2.24) is 10.2 Å². The first-order valence-electron chi connectivity index (χ1n) is 8.79. The van der Waals surface area contributed by atoms with Gasteiger partial charge in [0.1, 0.15) is 0 Å². The number of hydrogen-bond acceptors (Lipinski definition) is 4. The fourth-order valence-electron chi connectivity index (χ4n) is 3.28. The van der Waals surface area contributed by atoms with E-state index in [-0.39, 0.29) is 18.1 Å². The molecular weight excluding hydrogens is 332 g/mol. The van der Waals surface area contributed by atoms with Crippen LogP contribution in [0.3, 0.4) is 0 Å². The minimum Gasteiger partial charge on any atom is -0.373 e. The molecule has 3 rings (SSSR count). The molecule has 1 aliphatic heterocycles. The van der Waals surface area contributed by atoms with Crippen molar-refractivity contribution < 1.29 is 9.53 Å². The van der Waals surface area contributed by atoms with Crippen molar-refractivity contribution in [2.24, 2.45) is 0 Å². The van der Waals surface area contributed by atoms with E-state index >= 15 is 0 Å². The number of benzene rings is 1. The van der Waals surface area contributed by atoms with Gasteiger partial charge in [-0.2, -0.15) is 0 Å². The standard InChI is InChI=1S/C20H26N2O2S/c1-14-8-9-25-19(14)10-21-20(23)18-6-4-17(5-7-18)13-22-11-15(2)24-16(3)12-22/h4-9,15-16H,10-13H2,1-3H3,(H,21,23). The Bertz CT molecular complexity index is 701. The van der Waals surface area contributed by atoms with Gasteiger partial charge in [0.05, 0.1) is 18.8 Å². The lowest BCUT2D eigenvalue weighted by Crippen LogP contribution is -2.44. The third-order valence-electron chi connectivity index (χ3n) is 4.50. The predicted molar refractivity (Wildman–Crippen MR) is 102 cm³/mol. The zero-order valence-electron chi connectivity index (χ0n) is 15.1. The van der Waals surface area contributed by atoms with Crippen LogP contribution in [0.2, 0.25) is 0 Å². The molecule has 25 heavy (non-hydrogen) atoms. The maximum atomic E-state index is 12.3. The predicted octanol–water partition coefficient (Wildman–Crippen LogP) is 3.60. The van der Waals surface area contributed by atoms with E-state index in [1.165, 1.54) is 16.0 Å². The summed E-state index contributed by atoms with van der Waals surface area (Å²) in [5, 5.41) is 5.05. The third-order valence-corrected chi connectivity index (χ3v) is 5.52. The molecule has 1 fully saturated rings. The van der Waals surface area contributed by atoms with Gasteiger partial charge in [-0.1, -0.05) is 12.1 Å². The molecule has 1 N–H and O–H groups in total. The summed E-state index contributed by atoms with van der Waals surface area (Å²) in [5.41, 5.74) is 3.17. The molecule has 5 heteroatoms. The van der Waals surface area contributed by atoms with Crippen molar-refractivity contribution in [2.45, 2.75) is 46.1 Å². The minimum absolute atomic E-state index is 0.0204. The van der Waals surface area contributed by atoms with Crippen LogP contribution < -0.4 is 5.32 Å². The van der Waals surface area contributed by atoms with E-state index in [2.05, 4.69) is 54.6 Å². The van der Waals surface area contributed by atoms with E-state index in [0.29, 0.717) is 12.1 Å². The van der Waals surface area contributed by atoms with Gasteiger partial charge in [-0.3, -0.25) is 9.69 Å². The summed E-state index contributed by atoms with van der Waals surface area (Å²) >= 11 is 1.68. The average molecular weight is 359 g/mol. The van der Waals surface area contributed by atoms with Crippen molar-refractivity contribution in [3.63, 3.8) is 0 Å². The highest BCUT2D eigenvalue weighted by Crippen LogP contribution is 2.16. The van der Waals surface area contributed by atoms with Gasteiger partial charge in [0.15, 0.2) is 0 Å². The van der Waals surface area contributed by atoms with Gasteiger partial charge in [-0.05, 0) is 55.5 Å². The van der Waals surface area contributed by atoms with Crippen LogP contribution >= 0.6 is 11.3 Å². The van der Waals surface area contributed by atoms with E-state index in [0.717, 1.165) is 19.6 Å². The summed E-state index contributed by atoms with van der Waals surface area (Å²) in [7, 11) is 0. The number of nitrogens with one attached hydrogen (secondary N) is 1. The Hall–Kier alpha value is -1.69. The highest BCUT2D eigenvalue weighted by atomic mass is 32.1. The van der Waals surface area contributed by atoms with Gasteiger partial charge >= 0.3 is 0 Å². The van der Waals surface area contributed by atoms with Crippen LogP contribution in [0, 0.1) is 6.92 Å². The van der Waals surface area contributed by atoms with E-state index in [9.17, 15) is 4.79 Å². The molecule has 0 aliphatic carbocycles. The summed E-state index contributed by atoms with van der Waals surface area (Å²) in [6, 6.07) is 10.0. The highest BCUT2D eigenvalue weighted by Gasteiger charge is 2.22. The Morgan fingerprint density at radius 1 is 1.20 bits per heavy atom. The molecule has 2 unspecified atom stereocenters. The number of morpholine rings is 1. The summed E-state index contributed by atoms with van der Waals surface area (Å²) in [6.07, 6.45) is 0.545. The Morgan fingerprint density at radius 2 is 1.88 bits per heavy atom. The van der Waals surface area contributed by atoms with Crippen LogP contribution in [0.1, 0.15) is 40.2 Å². The molecular formula is C20H26N2O2S. The topological polar surface area (TPSA) is 41.6 Å². The first-order valence-corrected chi connectivity index (χ1v) is 9.67. The van der Waals surface area contributed by atoms with Gasteiger partial charge in [-0.15, -0.1) is 11.3 Å². The average Bonchev–Trinajstić information content (AvgIpc) is 2.97. The summed E-state index contributed by atoms with van der Waals surface area (Å²) in [4.78, 5) is 15.9. The van der Waals surface area contributed by atoms with Crippen LogP contribution in [0.5, 0.6) is 0 Å². The van der Waals surface area contributed by atoms with E-state index in [4.69, 9.17) is 4.74 Å². The van der Waals surface area contributed by atoms with Crippen LogP contribution in [-0.4, -0.2) is 36.1 Å². The minimum atomic E-state index is -0.0204. The lowest BCUT2D eigenvalue weighted by Gasteiger charge is -2.35. The number of amides is 1. The van der Waals surface area contributed by atoms with Gasteiger partial charge in [-0.25, -0.2) is 0 Å². The number of rotatable bonds is 5. The monoisotopic (exact) mass is 358 g/mol. The van der Waals surface area contributed by atoms with Gasteiger partial charge in [0.2, 0.25) is 0 Å². The fraction of sp³-hybridized carbons (Fsp3) is 0.450. The van der Waals surface area contributed by atoms with Crippen molar-refractivity contribution in [2.75, 3.05) is 13.1 Å². The first-order chi connectivity index (χ1) is 12.0.